The number of carbonyl (C=O) groups is 2. The standard InChI is InChI=1S/C19H22N4O4/c1-11-6-15(8-21-17(11)19(25)26)22-18(24)14-4-5-16(20-7-14)23-9-12(2)27-13(3)10-23/h4-8,12-13H,9-10H2,1-3H3,(H,22,24)(H,25,26). The van der Waals surface area contributed by atoms with Crippen LogP contribution < -0.4 is 10.2 Å². The highest BCUT2D eigenvalue weighted by Crippen LogP contribution is 2.19. The molecule has 1 fully saturated rings. The maximum Gasteiger partial charge on any atom is 0.354 e. The molecule has 0 bridgehead atoms. The molecule has 1 saturated heterocycles. The van der Waals surface area contributed by atoms with E-state index in [0.29, 0.717) is 16.8 Å². The Morgan fingerprint density at radius 1 is 1.19 bits per heavy atom. The van der Waals surface area contributed by atoms with E-state index in [9.17, 15) is 9.59 Å². The Bertz CT molecular complexity index is 843. The topological polar surface area (TPSA) is 105 Å². The van der Waals surface area contributed by atoms with Crippen molar-refractivity contribution in [3.8, 4) is 0 Å². The predicted octanol–water partition coefficient (Wildman–Crippen LogP) is 2.35. The largest absolute Gasteiger partial charge is 0.477 e. The summed E-state index contributed by atoms with van der Waals surface area (Å²) in [6, 6.07) is 5.11. The summed E-state index contributed by atoms with van der Waals surface area (Å²) in [6.07, 6.45) is 3.11. The lowest BCUT2D eigenvalue weighted by atomic mass is 10.2. The van der Waals surface area contributed by atoms with Crippen LogP contribution in [0, 0.1) is 6.92 Å². The first-order valence-electron chi connectivity index (χ1n) is 8.71. The molecule has 1 aliphatic rings. The fraction of sp³-hybridized carbons (Fsp3) is 0.368. The van der Waals surface area contributed by atoms with Crippen LogP contribution in [0.4, 0.5) is 11.5 Å². The van der Waals surface area contributed by atoms with Crippen LogP contribution in [0.2, 0.25) is 0 Å². The van der Waals surface area contributed by atoms with E-state index in [1.165, 1.54) is 12.4 Å². The molecular weight excluding hydrogens is 348 g/mol. The Balaban J connectivity index is 1.69. The number of carbonyl (C=O) groups excluding carboxylic acids is 1. The fourth-order valence-corrected chi connectivity index (χ4v) is 3.14. The van der Waals surface area contributed by atoms with Gasteiger partial charge >= 0.3 is 5.97 Å². The van der Waals surface area contributed by atoms with Crippen LogP contribution in [0.15, 0.2) is 30.6 Å². The van der Waals surface area contributed by atoms with Gasteiger partial charge in [0.1, 0.15) is 5.82 Å². The van der Waals surface area contributed by atoms with E-state index in [4.69, 9.17) is 9.84 Å². The van der Waals surface area contributed by atoms with Crippen molar-refractivity contribution < 1.29 is 19.4 Å². The van der Waals surface area contributed by atoms with Crippen molar-refractivity contribution in [2.45, 2.75) is 33.0 Å². The minimum atomic E-state index is -1.10. The molecule has 0 saturated carbocycles. The fourth-order valence-electron chi connectivity index (χ4n) is 3.14. The molecule has 142 valence electrons. The number of nitrogens with zero attached hydrogens (tertiary/aromatic N) is 3. The average molecular weight is 370 g/mol. The molecule has 3 rings (SSSR count). The maximum atomic E-state index is 12.4. The number of ether oxygens (including phenoxy) is 1. The van der Waals surface area contributed by atoms with Gasteiger partial charge in [0.2, 0.25) is 0 Å². The number of hydrogen-bond acceptors (Lipinski definition) is 6. The van der Waals surface area contributed by atoms with Crippen molar-refractivity contribution in [1.82, 2.24) is 9.97 Å². The number of carboxylic acid groups (broad SMARTS) is 1. The maximum absolute atomic E-state index is 12.4. The second-order valence-electron chi connectivity index (χ2n) is 6.72. The Hall–Kier alpha value is -3.00. The Morgan fingerprint density at radius 2 is 1.89 bits per heavy atom. The second-order valence-corrected chi connectivity index (χ2v) is 6.72. The highest BCUT2D eigenvalue weighted by Gasteiger charge is 2.23. The van der Waals surface area contributed by atoms with Crippen LogP contribution in [0.25, 0.3) is 0 Å². The molecule has 2 N–H and O–H groups in total. The summed E-state index contributed by atoms with van der Waals surface area (Å²) in [4.78, 5) is 33.8. The number of nitrogens with one attached hydrogen (secondary N) is 1. The molecule has 2 unspecified atom stereocenters. The molecule has 8 nitrogen and oxygen atoms in total. The summed E-state index contributed by atoms with van der Waals surface area (Å²) >= 11 is 0. The number of amides is 1. The normalized spacial score (nSPS) is 19.6. The van der Waals surface area contributed by atoms with Gasteiger partial charge in [0.15, 0.2) is 5.69 Å². The van der Waals surface area contributed by atoms with Gasteiger partial charge in [-0.05, 0) is 44.5 Å². The zero-order valence-electron chi connectivity index (χ0n) is 15.5. The van der Waals surface area contributed by atoms with E-state index in [2.05, 4.69) is 20.2 Å². The van der Waals surface area contributed by atoms with Gasteiger partial charge in [0.05, 0.1) is 29.7 Å². The van der Waals surface area contributed by atoms with Gasteiger partial charge in [-0.2, -0.15) is 0 Å². The summed E-state index contributed by atoms with van der Waals surface area (Å²) in [5, 5.41) is 11.7. The van der Waals surface area contributed by atoms with Crippen LogP contribution in [0.1, 0.15) is 40.3 Å². The quantitative estimate of drug-likeness (QED) is 0.851. The summed E-state index contributed by atoms with van der Waals surface area (Å²) in [5.74, 6) is -0.629. The molecule has 2 atom stereocenters. The minimum Gasteiger partial charge on any atom is -0.477 e. The lowest BCUT2D eigenvalue weighted by Gasteiger charge is -2.36. The first-order chi connectivity index (χ1) is 12.8. The molecule has 2 aromatic heterocycles. The Morgan fingerprint density at radius 3 is 2.44 bits per heavy atom. The molecule has 0 radical (unpaired) electrons. The molecule has 3 heterocycles. The lowest BCUT2D eigenvalue weighted by Crippen LogP contribution is -2.45. The van der Waals surface area contributed by atoms with Crippen LogP contribution in [0.5, 0.6) is 0 Å². The van der Waals surface area contributed by atoms with Gasteiger partial charge in [-0.3, -0.25) is 4.79 Å². The van der Waals surface area contributed by atoms with E-state index >= 15 is 0 Å². The number of anilines is 2. The summed E-state index contributed by atoms with van der Waals surface area (Å²) in [6.45, 7) is 7.19. The zero-order valence-corrected chi connectivity index (χ0v) is 15.5. The van der Waals surface area contributed by atoms with E-state index < -0.39 is 5.97 Å². The number of morpholine rings is 1. The molecule has 0 spiro atoms. The molecule has 0 aliphatic carbocycles. The van der Waals surface area contributed by atoms with Gasteiger partial charge in [0, 0.05) is 19.3 Å². The van der Waals surface area contributed by atoms with Crippen LogP contribution in [-0.2, 0) is 4.74 Å². The van der Waals surface area contributed by atoms with Crippen LogP contribution in [0.3, 0.4) is 0 Å². The number of aryl methyl sites for hydroxylation is 1. The van der Waals surface area contributed by atoms with E-state index in [1.54, 1.807) is 19.1 Å². The van der Waals surface area contributed by atoms with Crippen LogP contribution in [-0.4, -0.2) is 52.2 Å². The predicted molar refractivity (Wildman–Crippen MR) is 100 cm³/mol. The number of hydrogen-bond donors (Lipinski definition) is 2. The molecule has 8 heteroatoms. The Kier molecular flexibility index (Phi) is 5.36. The molecule has 2 aromatic rings. The van der Waals surface area contributed by atoms with Crippen molar-refractivity contribution in [2.75, 3.05) is 23.3 Å². The molecule has 27 heavy (non-hydrogen) atoms. The smallest absolute Gasteiger partial charge is 0.354 e. The first-order valence-corrected chi connectivity index (χ1v) is 8.71. The zero-order chi connectivity index (χ0) is 19.6. The Labute approximate surface area is 157 Å². The van der Waals surface area contributed by atoms with E-state index in [-0.39, 0.29) is 23.8 Å². The number of aromatic carboxylic acids is 1. The molecule has 1 amide bonds. The first kappa shape index (κ1) is 18.8. The van der Waals surface area contributed by atoms with E-state index in [1.807, 2.05) is 19.9 Å². The average Bonchev–Trinajstić information content (AvgIpc) is 2.60. The van der Waals surface area contributed by atoms with Gasteiger partial charge in [0.25, 0.3) is 5.91 Å². The van der Waals surface area contributed by atoms with Crippen molar-refractivity contribution in [3.63, 3.8) is 0 Å². The third kappa shape index (κ3) is 4.40. The number of aromatic nitrogens is 2. The summed E-state index contributed by atoms with van der Waals surface area (Å²) in [7, 11) is 0. The number of rotatable bonds is 4. The molecular formula is C19H22N4O4. The monoisotopic (exact) mass is 370 g/mol. The lowest BCUT2D eigenvalue weighted by molar-refractivity contribution is -0.00546. The third-order valence-electron chi connectivity index (χ3n) is 4.29. The van der Waals surface area contributed by atoms with Gasteiger partial charge in [-0.25, -0.2) is 14.8 Å². The van der Waals surface area contributed by atoms with Crippen molar-refractivity contribution in [1.29, 1.82) is 0 Å². The van der Waals surface area contributed by atoms with E-state index in [0.717, 1.165) is 18.9 Å². The summed E-state index contributed by atoms with van der Waals surface area (Å²) < 4.78 is 5.72. The van der Waals surface area contributed by atoms with Gasteiger partial charge in [-0.15, -0.1) is 0 Å². The number of carboxylic acids is 1. The molecule has 1 aliphatic heterocycles. The van der Waals surface area contributed by atoms with Gasteiger partial charge < -0.3 is 20.1 Å². The van der Waals surface area contributed by atoms with Crippen LogP contribution >= 0.6 is 0 Å². The van der Waals surface area contributed by atoms with Crippen molar-refractivity contribution in [3.05, 3.63) is 47.4 Å². The molecule has 0 aromatic carbocycles. The highest BCUT2D eigenvalue weighted by molar-refractivity contribution is 6.04. The second kappa shape index (κ2) is 7.71. The van der Waals surface area contributed by atoms with Crippen molar-refractivity contribution >= 4 is 23.4 Å². The number of pyridine rings is 2. The minimum absolute atomic E-state index is 0.0343. The van der Waals surface area contributed by atoms with Gasteiger partial charge in [-0.1, -0.05) is 0 Å². The van der Waals surface area contributed by atoms with Crippen molar-refractivity contribution in [2.24, 2.45) is 0 Å². The summed E-state index contributed by atoms with van der Waals surface area (Å²) in [5.41, 5.74) is 1.28. The highest BCUT2D eigenvalue weighted by atomic mass is 16.5. The third-order valence-corrected chi connectivity index (χ3v) is 4.29. The SMILES string of the molecule is Cc1cc(NC(=O)c2ccc(N3CC(C)OC(C)C3)nc2)cnc1C(=O)O.